The first-order valence-corrected chi connectivity index (χ1v) is 13.8. The Balaban J connectivity index is 0.000000145. The van der Waals surface area contributed by atoms with E-state index in [1.807, 2.05) is 20.8 Å². The quantitative estimate of drug-likeness (QED) is 0.401. The van der Waals surface area contributed by atoms with E-state index in [2.05, 4.69) is 25.6 Å². The maximum atomic E-state index is 12.7. The number of ketones is 1. The van der Waals surface area contributed by atoms with E-state index >= 15 is 0 Å². The van der Waals surface area contributed by atoms with Gasteiger partial charge in [0.25, 0.3) is 0 Å². The number of hydrogen-bond acceptors (Lipinski definition) is 5. The van der Waals surface area contributed by atoms with Crippen LogP contribution < -0.4 is 4.74 Å². The minimum Gasteiger partial charge on any atom is -0.507 e. The topological polar surface area (TPSA) is 66.8 Å². The van der Waals surface area contributed by atoms with Gasteiger partial charge in [0.05, 0.1) is 11.0 Å². The van der Waals surface area contributed by atoms with E-state index in [4.69, 9.17) is 4.74 Å². The number of thioether (sulfide) groups is 1. The van der Waals surface area contributed by atoms with Gasteiger partial charge in [-0.25, -0.2) is 0 Å². The summed E-state index contributed by atoms with van der Waals surface area (Å²) in [5, 5.41) is 20.2. The van der Waals surface area contributed by atoms with Crippen molar-refractivity contribution in [2.45, 2.75) is 103 Å². The Morgan fingerprint density at radius 1 is 0.743 bits per heavy atom. The van der Waals surface area contributed by atoms with Crippen molar-refractivity contribution in [2.24, 2.45) is 5.41 Å². The molecule has 0 saturated heterocycles. The number of benzene rings is 2. The Kier molecular flexibility index (Phi) is 5.94. The smallest absolute Gasteiger partial charge is 0.176 e. The van der Waals surface area contributed by atoms with E-state index in [1.165, 1.54) is 41.7 Å². The van der Waals surface area contributed by atoms with Crippen LogP contribution in [-0.4, -0.2) is 27.4 Å². The molecule has 6 rings (SSSR count). The van der Waals surface area contributed by atoms with E-state index in [0.717, 1.165) is 47.9 Å². The number of phenols is 2. The van der Waals surface area contributed by atoms with E-state index in [0.29, 0.717) is 34.0 Å². The second-order valence-corrected chi connectivity index (χ2v) is 12.8. The number of phenolic OH excluding ortho intramolecular Hbond substituents is 2. The van der Waals surface area contributed by atoms with Crippen LogP contribution >= 0.6 is 11.8 Å². The predicted octanol–water partition coefficient (Wildman–Crippen LogP) is 7.34. The van der Waals surface area contributed by atoms with Crippen LogP contribution in [0.1, 0.15) is 94.2 Å². The Morgan fingerprint density at radius 2 is 1.34 bits per heavy atom. The molecule has 4 aliphatic rings. The summed E-state index contributed by atoms with van der Waals surface area (Å²) in [6.45, 7) is 12.3. The van der Waals surface area contributed by atoms with Gasteiger partial charge in [0.15, 0.2) is 5.78 Å². The molecule has 2 aromatic rings. The zero-order chi connectivity index (χ0) is 25.3. The van der Waals surface area contributed by atoms with E-state index in [-0.39, 0.29) is 16.9 Å². The van der Waals surface area contributed by atoms with Gasteiger partial charge >= 0.3 is 0 Å². The number of rotatable bonds is 0. The summed E-state index contributed by atoms with van der Waals surface area (Å²) in [6, 6.07) is 0. The van der Waals surface area contributed by atoms with Crippen LogP contribution in [0.4, 0.5) is 0 Å². The fraction of sp³-hybridized carbons (Fsp3) is 0.567. The van der Waals surface area contributed by atoms with Gasteiger partial charge in [-0.15, -0.1) is 11.8 Å². The largest absolute Gasteiger partial charge is 0.507 e. The van der Waals surface area contributed by atoms with Crippen molar-refractivity contribution in [3.05, 3.63) is 44.5 Å². The lowest BCUT2D eigenvalue weighted by Crippen LogP contribution is -2.46. The molecule has 2 fully saturated rings. The summed E-state index contributed by atoms with van der Waals surface area (Å²) in [5.74, 6) is 1.61. The van der Waals surface area contributed by atoms with Crippen molar-refractivity contribution < 1.29 is 19.7 Å². The van der Waals surface area contributed by atoms with Crippen molar-refractivity contribution >= 4 is 17.5 Å². The molecule has 2 N–H and O–H groups in total. The van der Waals surface area contributed by atoms with Crippen LogP contribution in [0, 0.1) is 47.0 Å². The Morgan fingerprint density at radius 3 is 1.91 bits per heavy atom. The zero-order valence-electron chi connectivity index (χ0n) is 22.0. The number of ether oxygens (including phenoxy) is 1. The number of carbonyl (C=O) groups excluding carboxylic acids is 1. The first kappa shape index (κ1) is 24.5. The van der Waals surface area contributed by atoms with Crippen molar-refractivity contribution in [3.63, 3.8) is 0 Å². The van der Waals surface area contributed by atoms with Crippen LogP contribution in [-0.2, 0) is 6.42 Å². The lowest BCUT2D eigenvalue weighted by Gasteiger charge is -2.45. The number of carbonyl (C=O) groups is 1. The lowest BCUT2D eigenvalue weighted by atomic mass is 9.63. The van der Waals surface area contributed by atoms with Gasteiger partial charge < -0.3 is 14.9 Å². The molecular weight excluding hydrogens is 456 g/mol. The zero-order valence-corrected chi connectivity index (χ0v) is 22.8. The van der Waals surface area contributed by atoms with E-state index in [1.54, 1.807) is 6.92 Å². The van der Waals surface area contributed by atoms with Gasteiger partial charge in [0.2, 0.25) is 0 Å². The third-order valence-electron chi connectivity index (χ3n) is 9.48. The molecule has 5 heteroatoms. The van der Waals surface area contributed by atoms with E-state index in [9.17, 15) is 15.0 Å². The molecule has 2 aliphatic heterocycles. The van der Waals surface area contributed by atoms with Crippen LogP contribution in [0.5, 0.6) is 17.2 Å². The maximum absolute atomic E-state index is 12.7. The average Bonchev–Trinajstić information content (AvgIpc) is 2.81. The summed E-state index contributed by atoms with van der Waals surface area (Å²) >= 11 is 2.10. The van der Waals surface area contributed by atoms with Crippen LogP contribution in [0.3, 0.4) is 0 Å². The molecule has 2 saturated carbocycles. The molecule has 188 valence electrons. The van der Waals surface area contributed by atoms with Gasteiger partial charge in [0.1, 0.15) is 23.9 Å². The van der Waals surface area contributed by atoms with Crippen LogP contribution in [0.2, 0.25) is 0 Å². The van der Waals surface area contributed by atoms with Crippen molar-refractivity contribution in [1.82, 2.24) is 0 Å². The van der Waals surface area contributed by atoms with Crippen molar-refractivity contribution in [3.8, 4) is 17.2 Å². The average molecular weight is 495 g/mol. The van der Waals surface area contributed by atoms with Gasteiger partial charge in [-0.3, -0.25) is 4.79 Å². The minimum atomic E-state index is -0.300. The normalized spacial score (nSPS) is 20.7. The molecule has 4 nitrogen and oxygen atoms in total. The Labute approximate surface area is 213 Å². The number of Topliss-reactive ketones (excluding diaryl/α,β-unsaturated/α-hetero) is 1. The number of hydrogen-bond donors (Lipinski definition) is 2. The minimum absolute atomic E-state index is 0.172. The molecule has 0 radical (unpaired) electrons. The summed E-state index contributed by atoms with van der Waals surface area (Å²) in [4.78, 5) is 14.1. The highest BCUT2D eigenvalue weighted by atomic mass is 32.2. The lowest BCUT2D eigenvalue weighted by molar-refractivity contribution is 0.0318. The Hall–Kier alpha value is -2.14. The van der Waals surface area contributed by atoms with Crippen LogP contribution in [0.15, 0.2) is 4.90 Å². The van der Waals surface area contributed by atoms with Gasteiger partial charge in [-0.1, -0.05) is 12.8 Å². The highest BCUT2D eigenvalue weighted by Crippen LogP contribution is 2.56. The molecule has 35 heavy (non-hydrogen) atoms. The summed E-state index contributed by atoms with van der Waals surface area (Å²) in [7, 11) is 0. The maximum Gasteiger partial charge on any atom is 0.176 e. The predicted molar refractivity (Wildman–Crippen MR) is 142 cm³/mol. The monoisotopic (exact) mass is 494 g/mol. The number of fused-ring (bicyclic) bond motifs is 2. The second-order valence-electron chi connectivity index (χ2n) is 11.3. The summed E-state index contributed by atoms with van der Waals surface area (Å²) < 4.78 is 6.42. The van der Waals surface area contributed by atoms with Gasteiger partial charge in [-0.2, -0.15) is 0 Å². The molecular formula is C30H38O4S. The van der Waals surface area contributed by atoms with Crippen molar-refractivity contribution in [1.29, 1.82) is 0 Å². The molecule has 2 heterocycles. The third kappa shape index (κ3) is 3.60. The SMILES string of the molecule is Cc1c(C)c2c(c(C)c1O)C(=O)C1(CCC1)CO2.Cc1c(C)c2c(c(C)c1O)CCC1(CCC1)S2. The fourth-order valence-corrected chi connectivity index (χ4v) is 8.04. The van der Waals surface area contributed by atoms with E-state index < -0.39 is 0 Å². The first-order chi connectivity index (χ1) is 16.5. The molecule has 0 unspecified atom stereocenters. The number of aromatic hydroxyl groups is 2. The molecule has 0 aromatic heterocycles. The highest BCUT2D eigenvalue weighted by molar-refractivity contribution is 8.00. The Bertz CT molecular complexity index is 1230. The van der Waals surface area contributed by atoms with Gasteiger partial charge in [-0.05, 0) is 113 Å². The summed E-state index contributed by atoms with van der Waals surface area (Å²) in [6.07, 6.45) is 9.55. The molecule has 2 aliphatic carbocycles. The standard InChI is InChI=1S/C15H18O3.C15H20OS/c1-8-9(2)13-11(10(3)12(8)16)14(17)15(7-18-13)5-4-6-15;1-9-10(2)14-12(11(3)13(9)16)5-8-15(17-14)6-4-7-15/h16H,4-7H2,1-3H3;16H,4-8H2,1-3H3. The fourth-order valence-electron chi connectivity index (χ4n) is 6.23. The highest BCUT2D eigenvalue weighted by Gasteiger charge is 2.49. The molecule has 0 amide bonds. The summed E-state index contributed by atoms with van der Waals surface area (Å²) in [5.41, 5.74) is 7.58. The van der Waals surface area contributed by atoms with Crippen LogP contribution in [0.25, 0.3) is 0 Å². The van der Waals surface area contributed by atoms with Crippen molar-refractivity contribution in [2.75, 3.05) is 6.61 Å². The second kappa shape index (κ2) is 8.47. The molecule has 2 spiro atoms. The molecule has 0 atom stereocenters. The molecule has 0 bridgehead atoms. The van der Waals surface area contributed by atoms with Gasteiger partial charge in [0, 0.05) is 15.2 Å². The third-order valence-corrected chi connectivity index (χ3v) is 11.3. The first-order valence-electron chi connectivity index (χ1n) is 13.0. The molecule has 2 aromatic carbocycles.